The molecule has 1 atom stereocenters. The minimum Gasteiger partial charge on any atom is -0.468 e. The molecule has 0 aliphatic heterocycles. The summed E-state index contributed by atoms with van der Waals surface area (Å²) < 4.78 is 9.91. The van der Waals surface area contributed by atoms with Crippen molar-refractivity contribution in [3.05, 3.63) is 0 Å². The van der Waals surface area contributed by atoms with Gasteiger partial charge in [-0.25, -0.2) is 0 Å². The molecule has 0 aromatic rings. The van der Waals surface area contributed by atoms with E-state index in [9.17, 15) is 9.59 Å². The number of rotatable bonds is 5. The van der Waals surface area contributed by atoms with Gasteiger partial charge >= 0.3 is 11.9 Å². The summed E-state index contributed by atoms with van der Waals surface area (Å²) in [6.07, 6.45) is 0.866. The summed E-state index contributed by atoms with van der Waals surface area (Å²) in [5.74, 6) is -0.770. The highest BCUT2D eigenvalue weighted by Crippen LogP contribution is 2.29. The quantitative estimate of drug-likeness (QED) is 0.435. The van der Waals surface area contributed by atoms with Crippen LogP contribution in [0.3, 0.4) is 0 Å². The zero-order chi connectivity index (χ0) is 13.7. The van der Waals surface area contributed by atoms with E-state index < -0.39 is 23.0 Å². The Morgan fingerprint density at radius 1 is 1.12 bits per heavy atom. The molecule has 5 heteroatoms. The normalized spacial score (nSPS) is 14.9. The molecule has 0 amide bonds. The van der Waals surface area contributed by atoms with Gasteiger partial charge in [0.2, 0.25) is 0 Å². The lowest BCUT2D eigenvalue weighted by atomic mass is 9.85. The molecule has 0 aromatic heterocycles. The van der Waals surface area contributed by atoms with E-state index in [2.05, 4.69) is 4.74 Å². The van der Waals surface area contributed by atoms with Gasteiger partial charge in [-0.15, -0.1) is 11.6 Å². The predicted octanol–water partition coefficient (Wildman–Crippen LogP) is 2.53. The highest BCUT2D eigenvalue weighted by atomic mass is 35.5. The Bertz CT molecular complexity index is 283. The van der Waals surface area contributed by atoms with E-state index in [1.54, 1.807) is 20.8 Å². The van der Waals surface area contributed by atoms with E-state index in [-0.39, 0.29) is 0 Å². The minimum absolute atomic E-state index is 0.318. The van der Waals surface area contributed by atoms with Crippen molar-refractivity contribution in [1.29, 1.82) is 0 Å². The van der Waals surface area contributed by atoms with E-state index in [0.29, 0.717) is 18.7 Å². The number of halogens is 1. The van der Waals surface area contributed by atoms with Gasteiger partial charge in [-0.1, -0.05) is 0 Å². The minimum atomic E-state index is -1.28. The van der Waals surface area contributed by atoms with Crippen molar-refractivity contribution >= 4 is 23.5 Å². The first kappa shape index (κ1) is 16.2. The van der Waals surface area contributed by atoms with Crippen LogP contribution in [0.4, 0.5) is 0 Å². The summed E-state index contributed by atoms with van der Waals surface area (Å²) in [7, 11) is 1.26. The number of methoxy groups -OCH3 is 1. The van der Waals surface area contributed by atoms with Crippen LogP contribution in [0.15, 0.2) is 0 Å². The summed E-state index contributed by atoms with van der Waals surface area (Å²) in [4.78, 5) is 23.7. The van der Waals surface area contributed by atoms with Gasteiger partial charge in [0.15, 0.2) is 5.41 Å². The average Bonchev–Trinajstić information content (AvgIpc) is 2.22. The molecule has 0 aliphatic carbocycles. The fourth-order valence-corrected chi connectivity index (χ4v) is 1.46. The van der Waals surface area contributed by atoms with Crippen LogP contribution in [0.5, 0.6) is 0 Å². The molecule has 0 aromatic carbocycles. The van der Waals surface area contributed by atoms with E-state index in [1.165, 1.54) is 14.0 Å². The first-order chi connectivity index (χ1) is 7.67. The van der Waals surface area contributed by atoms with Crippen molar-refractivity contribution in [2.45, 2.75) is 46.1 Å². The molecule has 0 rings (SSSR count). The first-order valence-electron chi connectivity index (χ1n) is 5.55. The molecule has 1 unspecified atom stereocenters. The molecule has 0 saturated carbocycles. The second-order valence-corrected chi connectivity index (χ2v) is 5.50. The summed E-state index contributed by atoms with van der Waals surface area (Å²) >= 11 is 5.59. The fraction of sp³-hybridized carbons (Fsp3) is 0.833. The van der Waals surface area contributed by atoms with Gasteiger partial charge in [0.25, 0.3) is 0 Å². The van der Waals surface area contributed by atoms with E-state index in [1.807, 2.05) is 0 Å². The number of hydrogen-bond acceptors (Lipinski definition) is 4. The number of carbonyl (C=O) groups is 2. The molecule has 0 N–H and O–H groups in total. The molecule has 0 fully saturated rings. The third kappa shape index (κ3) is 4.94. The van der Waals surface area contributed by atoms with Crippen LogP contribution in [-0.4, -0.2) is 30.5 Å². The SMILES string of the molecule is COC(=O)C(C)(CCCCl)C(=O)OC(C)(C)C. The number of ether oxygens (including phenoxy) is 2. The van der Waals surface area contributed by atoms with Crippen molar-refractivity contribution in [2.75, 3.05) is 13.0 Å². The van der Waals surface area contributed by atoms with Crippen molar-refractivity contribution in [2.24, 2.45) is 5.41 Å². The lowest BCUT2D eigenvalue weighted by Crippen LogP contribution is -2.42. The van der Waals surface area contributed by atoms with Gasteiger partial charge < -0.3 is 9.47 Å². The Kier molecular flexibility index (Phi) is 5.96. The molecule has 0 spiro atoms. The topological polar surface area (TPSA) is 52.6 Å². The maximum Gasteiger partial charge on any atom is 0.323 e. The fourth-order valence-electron chi connectivity index (χ4n) is 1.32. The first-order valence-corrected chi connectivity index (χ1v) is 6.08. The molecule has 4 nitrogen and oxygen atoms in total. The number of carbonyl (C=O) groups excluding carboxylic acids is 2. The molecular weight excluding hydrogens is 244 g/mol. The standard InChI is InChI=1S/C12H21ClO4/c1-11(2,3)17-10(15)12(4,7-6-8-13)9(14)16-5/h6-8H2,1-5H3. The van der Waals surface area contributed by atoms with Crippen LogP contribution in [0.25, 0.3) is 0 Å². The lowest BCUT2D eigenvalue weighted by molar-refractivity contribution is -0.177. The molecule has 0 bridgehead atoms. The van der Waals surface area contributed by atoms with Crippen LogP contribution in [0, 0.1) is 5.41 Å². The van der Waals surface area contributed by atoms with E-state index in [4.69, 9.17) is 16.3 Å². The zero-order valence-corrected chi connectivity index (χ0v) is 11.9. The third-order valence-electron chi connectivity index (χ3n) is 2.30. The number of esters is 2. The van der Waals surface area contributed by atoms with Crippen LogP contribution in [0.1, 0.15) is 40.5 Å². The van der Waals surface area contributed by atoms with E-state index >= 15 is 0 Å². The highest BCUT2D eigenvalue weighted by molar-refractivity contribution is 6.17. The maximum absolute atomic E-state index is 12.0. The molecular formula is C12H21ClO4. The van der Waals surface area contributed by atoms with Crippen molar-refractivity contribution in [3.63, 3.8) is 0 Å². The molecule has 0 saturated heterocycles. The Morgan fingerprint density at radius 3 is 2.00 bits per heavy atom. The van der Waals surface area contributed by atoms with E-state index in [0.717, 1.165) is 0 Å². The Balaban J connectivity index is 4.91. The van der Waals surface area contributed by atoms with Gasteiger partial charge in [-0.2, -0.15) is 0 Å². The number of alkyl halides is 1. The lowest BCUT2D eigenvalue weighted by Gasteiger charge is -2.29. The summed E-state index contributed by atoms with van der Waals surface area (Å²) in [5, 5.41) is 0. The number of hydrogen-bond donors (Lipinski definition) is 0. The van der Waals surface area contributed by atoms with Gasteiger partial charge in [-0.05, 0) is 40.5 Å². The Morgan fingerprint density at radius 2 is 1.65 bits per heavy atom. The van der Waals surface area contributed by atoms with Crippen LogP contribution in [0.2, 0.25) is 0 Å². The third-order valence-corrected chi connectivity index (χ3v) is 2.56. The Labute approximate surface area is 108 Å². The second-order valence-electron chi connectivity index (χ2n) is 5.12. The van der Waals surface area contributed by atoms with Crippen LogP contribution < -0.4 is 0 Å². The van der Waals surface area contributed by atoms with Crippen molar-refractivity contribution in [1.82, 2.24) is 0 Å². The van der Waals surface area contributed by atoms with Crippen LogP contribution >= 0.6 is 11.6 Å². The highest BCUT2D eigenvalue weighted by Gasteiger charge is 2.44. The predicted molar refractivity (Wildman–Crippen MR) is 65.9 cm³/mol. The molecule has 100 valence electrons. The van der Waals surface area contributed by atoms with Gasteiger partial charge in [0, 0.05) is 5.88 Å². The average molecular weight is 265 g/mol. The van der Waals surface area contributed by atoms with Crippen molar-refractivity contribution in [3.8, 4) is 0 Å². The summed E-state index contributed by atoms with van der Waals surface area (Å²) in [6, 6.07) is 0. The van der Waals surface area contributed by atoms with Gasteiger partial charge in [0.05, 0.1) is 7.11 Å². The molecule has 0 aliphatic rings. The van der Waals surface area contributed by atoms with Crippen LogP contribution in [-0.2, 0) is 19.1 Å². The monoisotopic (exact) mass is 264 g/mol. The summed E-state index contributed by atoms with van der Waals surface area (Å²) in [5.41, 5.74) is -1.91. The Hall–Kier alpha value is -0.770. The second kappa shape index (κ2) is 6.24. The largest absolute Gasteiger partial charge is 0.468 e. The van der Waals surface area contributed by atoms with Gasteiger partial charge in [-0.3, -0.25) is 9.59 Å². The van der Waals surface area contributed by atoms with Crippen molar-refractivity contribution < 1.29 is 19.1 Å². The molecule has 17 heavy (non-hydrogen) atoms. The molecule has 0 heterocycles. The molecule has 0 radical (unpaired) electrons. The maximum atomic E-state index is 12.0. The zero-order valence-electron chi connectivity index (χ0n) is 11.1. The van der Waals surface area contributed by atoms with Gasteiger partial charge in [0.1, 0.15) is 5.60 Å². The smallest absolute Gasteiger partial charge is 0.323 e. The summed E-state index contributed by atoms with van der Waals surface area (Å²) in [6.45, 7) is 6.79.